The summed E-state index contributed by atoms with van der Waals surface area (Å²) in [5, 5.41) is 3.45. The van der Waals surface area contributed by atoms with Crippen LogP contribution in [-0.4, -0.2) is 19.8 Å². The fraction of sp³-hybridized carbons (Fsp3) is 0.647. The van der Waals surface area contributed by atoms with Crippen molar-refractivity contribution in [3.63, 3.8) is 0 Å². The molecule has 0 spiro atoms. The molecule has 1 aromatic rings. The van der Waals surface area contributed by atoms with E-state index in [-0.39, 0.29) is 0 Å². The number of hydrogen-bond donors (Lipinski definition) is 1. The molecule has 0 aromatic heterocycles. The lowest BCUT2D eigenvalue weighted by Crippen LogP contribution is -2.34. The highest BCUT2D eigenvalue weighted by molar-refractivity contribution is 5.34. The van der Waals surface area contributed by atoms with Gasteiger partial charge >= 0.3 is 0 Å². The van der Waals surface area contributed by atoms with Crippen LogP contribution in [0.25, 0.3) is 0 Å². The van der Waals surface area contributed by atoms with E-state index in [1.165, 1.54) is 36.0 Å². The van der Waals surface area contributed by atoms with Crippen LogP contribution < -0.4 is 5.32 Å². The van der Waals surface area contributed by atoms with Crippen molar-refractivity contribution in [3.05, 3.63) is 34.9 Å². The molecule has 1 N–H and O–H groups in total. The third kappa shape index (κ3) is 3.37. The molecule has 2 unspecified atom stereocenters. The normalized spacial score (nSPS) is 21.3. The van der Waals surface area contributed by atoms with Gasteiger partial charge in [-0.05, 0) is 55.8 Å². The fourth-order valence-corrected chi connectivity index (χ4v) is 3.11. The molecule has 0 saturated carbocycles. The molecule has 2 heteroatoms. The monoisotopic (exact) mass is 261 g/mol. The molecule has 1 aliphatic rings. The van der Waals surface area contributed by atoms with Crippen molar-refractivity contribution in [2.24, 2.45) is 0 Å². The Kier molecular flexibility index (Phi) is 5.41. The summed E-state index contributed by atoms with van der Waals surface area (Å²) in [5.41, 5.74) is 4.34. The van der Waals surface area contributed by atoms with Gasteiger partial charge < -0.3 is 10.1 Å². The van der Waals surface area contributed by atoms with E-state index in [0.29, 0.717) is 12.1 Å². The molecule has 2 atom stereocenters. The van der Waals surface area contributed by atoms with E-state index >= 15 is 0 Å². The Bertz CT molecular complexity index is 396. The van der Waals surface area contributed by atoms with Crippen LogP contribution in [0.15, 0.2) is 18.2 Å². The SMILES string of the molecule is CCc1ccc(C(NC)C2CCCCO2)cc1CC. The maximum atomic E-state index is 5.95. The predicted octanol–water partition coefficient (Wildman–Crippen LogP) is 3.64. The van der Waals surface area contributed by atoms with Crippen molar-refractivity contribution in [1.29, 1.82) is 0 Å². The highest BCUT2D eigenvalue weighted by atomic mass is 16.5. The molecule has 19 heavy (non-hydrogen) atoms. The molecule has 1 fully saturated rings. The lowest BCUT2D eigenvalue weighted by Gasteiger charge is -2.31. The van der Waals surface area contributed by atoms with Crippen molar-refractivity contribution in [3.8, 4) is 0 Å². The van der Waals surface area contributed by atoms with E-state index in [0.717, 1.165) is 19.4 Å². The van der Waals surface area contributed by atoms with Gasteiger partial charge in [0, 0.05) is 6.61 Å². The van der Waals surface area contributed by atoms with Crippen LogP contribution in [0.5, 0.6) is 0 Å². The van der Waals surface area contributed by atoms with E-state index < -0.39 is 0 Å². The maximum Gasteiger partial charge on any atom is 0.0769 e. The number of rotatable bonds is 5. The Balaban J connectivity index is 2.22. The zero-order chi connectivity index (χ0) is 13.7. The van der Waals surface area contributed by atoms with E-state index in [1.54, 1.807) is 0 Å². The third-order valence-corrected chi connectivity index (χ3v) is 4.25. The van der Waals surface area contributed by atoms with Crippen LogP contribution in [0.1, 0.15) is 55.8 Å². The second-order valence-corrected chi connectivity index (χ2v) is 5.41. The van der Waals surface area contributed by atoms with Crippen LogP contribution in [0, 0.1) is 0 Å². The van der Waals surface area contributed by atoms with Crippen LogP contribution in [0.2, 0.25) is 0 Å². The molecule has 2 rings (SSSR count). The Morgan fingerprint density at radius 2 is 2.00 bits per heavy atom. The third-order valence-electron chi connectivity index (χ3n) is 4.25. The van der Waals surface area contributed by atoms with E-state index in [1.807, 2.05) is 7.05 Å². The van der Waals surface area contributed by atoms with Gasteiger partial charge in [0.15, 0.2) is 0 Å². The quantitative estimate of drug-likeness (QED) is 0.873. The van der Waals surface area contributed by atoms with Crippen molar-refractivity contribution in [2.45, 2.75) is 58.1 Å². The number of hydrogen-bond acceptors (Lipinski definition) is 2. The highest BCUT2D eigenvalue weighted by Crippen LogP contribution is 2.28. The molecular formula is C17H27NO. The van der Waals surface area contributed by atoms with Gasteiger partial charge in [0.1, 0.15) is 0 Å². The van der Waals surface area contributed by atoms with Gasteiger partial charge in [-0.15, -0.1) is 0 Å². The second-order valence-electron chi connectivity index (χ2n) is 5.41. The molecule has 0 amide bonds. The van der Waals surface area contributed by atoms with Gasteiger partial charge in [-0.1, -0.05) is 32.0 Å². The predicted molar refractivity (Wildman–Crippen MR) is 80.6 cm³/mol. The zero-order valence-electron chi connectivity index (χ0n) is 12.5. The number of ether oxygens (including phenoxy) is 1. The summed E-state index contributed by atoms with van der Waals surface area (Å²) in [4.78, 5) is 0. The first-order valence-corrected chi connectivity index (χ1v) is 7.70. The van der Waals surface area contributed by atoms with E-state index in [2.05, 4.69) is 37.4 Å². The molecule has 1 aromatic carbocycles. The summed E-state index contributed by atoms with van der Waals surface area (Å²) >= 11 is 0. The Morgan fingerprint density at radius 1 is 1.21 bits per heavy atom. The molecule has 1 aliphatic heterocycles. The second kappa shape index (κ2) is 7.06. The van der Waals surface area contributed by atoms with Gasteiger partial charge in [0.05, 0.1) is 12.1 Å². The van der Waals surface area contributed by atoms with Crippen LogP contribution in [0.4, 0.5) is 0 Å². The van der Waals surface area contributed by atoms with Crippen molar-refractivity contribution in [2.75, 3.05) is 13.7 Å². The summed E-state index contributed by atoms with van der Waals surface area (Å²) < 4.78 is 5.95. The smallest absolute Gasteiger partial charge is 0.0769 e. The van der Waals surface area contributed by atoms with Crippen molar-refractivity contribution >= 4 is 0 Å². The number of nitrogens with one attached hydrogen (secondary N) is 1. The lowest BCUT2D eigenvalue weighted by molar-refractivity contribution is -0.00663. The summed E-state index contributed by atoms with van der Waals surface area (Å²) in [6.45, 7) is 5.38. The molecule has 0 radical (unpaired) electrons. The van der Waals surface area contributed by atoms with E-state index in [9.17, 15) is 0 Å². The molecular weight excluding hydrogens is 234 g/mol. The molecule has 1 saturated heterocycles. The Labute approximate surface area is 117 Å². The molecule has 106 valence electrons. The van der Waals surface area contributed by atoms with Gasteiger partial charge in [-0.25, -0.2) is 0 Å². The van der Waals surface area contributed by atoms with E-state index in [4.69, 9.17) is 4.74 Å². The highest BCUT2D eigenvalue weighted by Gasteiger charge is 2.24. The summed E-state index contributed by atoms with van der Waals surface area (Å²) in [6.07, 6.45) is 6.23. The van der Waals surface area contributed by atoms with Crippen molar-refractivity contribution < 1.29 is 4.74 Å². The minimum Gasteiger partial charge on any atom is -0.376 e. The van der Waals surface area contributed by atoms with Crippen LogP contribution in [-0.2, 0) is 17.6 Å². The van der Waals surface area contributed by atoms with Gasteiger partial charge in [-0.3, -0.25) is 0 Å². The van der Waals surface area contributed by atoms with Crippen LogP contribution in [0.3, 0.4) is 0 Å². The Morgan fingerprint density at radius 3 is 2.58 bits per heavy atom. The molecule has 0 aliphatic carbocycles. The first kappa shape index (κ1) is 14.5. The average Bonchev–Trinajstić information content (AvgIpc) is 2.49. The first-order valence-electron chi connectivity index (χ1n) is 7.70. The maximum absolute atomic E-state index is 5.95. The standard InChI is InChI=1S/C17H27NO/c1-4-13-9-10-15(12-14(13)5-2)17(18-3)16-8-6-7-11-19-16/h9-10,12,16-18H,4-8,11H2,1-3H3. The average molecular weight is 261 g/mol. The first-order chi connectivity index (χ1) is 9.30. The number of aryl methyl sites for hydroxylation is 2. The summed E-state index contributed by atoms with van der Waals surface area (Å²) in [7, 11) is 2.04. The minimum absolute atomic E-state index is 0.330. The summed E-state index contributed by atoms with van der Waals surface area (Å²) in [6, 6.07) is 7.27. The molecule has 2 nitrogen and oxygen atoms in total. The van der Waals surface area contributed by atoms with Gasteiger partial charge in [0.2, 0.25) is 0 Å². The van der Waals surface area contributed by atoms with Crippen LogP contribution >= 0.6 is 0 Å². The molecule has 0 bridgehead atoms. The molecule has 1 heterocycles. The van der Waals surface area contributed by atoms with Gasteiger partial charge in [-0.2, -0.15) is 0 Å². The lowest BCUT2D eigenvalue weighted by atomic mass is 9.92. The number of likely N-dealkylation sites (N-methyl/N-ethyl adjacent to an activating group) is 1. The zero-order valence-corrected chi connectivity index (χ0v) is 12.5. The van der Waals surface area contributed by atoms with Gasteiger partial charge in [0.25, 0.3) is 0 Å². The largest absolute Gasteiger partial charge is 0.376 e. The minimum atomic E-state index is 0.330. The topological polar surface area (TPSA) is 21.3 Å². The Hall–Kier alpha value is -0.860. The van der Waals surface area contributed by atoms with Crippen molar-refractivity contribution in [1.82, 2.24) is 5.32 Å². The fourth-order valence-electron chi connectivity index (χ4n) is 3.11. The number of benzene rings is 1. The summed E-state index contributed by atoms with van der Waals surface area (Å²) in [5.74, 6) is 0.